The molecule has 0 unspecified atom stereocenters. The number of hydrogen-bond acceptors (Lipinski definition) is 2. The van der Waals surface area contributed by atoms with E-state index >= 15 is 0 Å². The molecule has 1 N–H and O–H groups in total. The summed E-state index contributed by atoms with van der Waals surface area (Å²) in [6.07, 6.45) is 0. The topological polar surface area (TPSA) is 77.9 Å². The van der Waals surface area contributed by atoms with E-state index in [1.54, 1.807) is 19.1 Å². The zero-order valence-electron chi connectivity index (χ0n) is 8.37. The molecule has 1 aromatic rings. The number of azide groups is 1. The molecular weight excluding hydrogens is 251 g/mol. The van der Waals surface area contributed by atoms with Gasteiger partial charge >= 0.3 is 0 Å². The number of halogens is 2. The van der Waals surface area contributed by atoms with Crippen LogP contribution < -0.4 is 5.32 Å². The Morgan fingerprint density at radius 3 is 2.88 bits per heavy atom. The first-order chi connectivity index (χ1) is 7.56. The molecule has 0 aliphatic heterocycles. The van der Waals surface area contributed by atoms with Gasteiger partial charge in [-0.2, -0.15) is 0 Å². The maximum absolute atomic E-state index is 11.3. The number of carbonyl (C=O) groups excluding carboxylic acids is 1. The second-order valence-corrected chi connectivity index (χ2v) is 3.78. The molecule has 0 heterocycles. The van der Waals surface area contributed by atoms with Gasteiger partial charge in [0.1, 0.15) is 6.54 Å². The van der Waals surface area contributed by atoms with Crippen molar-refractivity contribution in [3.63, 3.8) is 0 Å². The third-order valence-corrected chi connectivity index (χ3v) is 2.63. The second kappa shape index (κ2) is 5.61. The van der Waals surface area contributed by atoms with Gasteiger partial charge in [0, 0.05) is 4.91 Å². The number of nitrogens with one attached hydrogen (secondary N) is 1. The molecule has 1 rings (SSSR count). The van der Waals surface area contributed by atoms with Crippen LogP contribution in [0.15, 0.2) is 17.2 Å². The van der Waals surface area contributed by atoms with E-state index in [4.69, 9.17) is 28.7 Å². The van der Waals surface area contributed by atoms with Gasteiger partial charge in [-0.05, 0) is 24.1 Å². The van der Waals surface area contributed by atoms with Crippen molar-refractivity contribution in [1.82, 2.24) is 0 Å². The maximum atomic E-state index is 11.3. The highest BCUT2D eigenvalue weighted by Gasteiger charge is 2.10. The highest BCUT2D eigenvalue weighted by Crippen LogP contribution is 2.32. The Labute approximate surface area is 102 Å². The van der Waals surface area contributed by atoms with Crippen molar-refractivity contribution in [2.45, 2.75) is 6.92 Å². The van der Waals surface area contributed by atoms with Gasteiger partial charge in [-0.15, -0.1) is 0 Å². The molecule has 84 valence electrons. The van der Waals surface area contributed by atoms with Crippen molar-refractivity contribution < 1.29 is 4.79 Å². The molecule has 0 saturated heterocycles. The summed E-state index contributed by atoms with van der Waals surface area (Å²) in [5.74, 6) is -0.466. The van der Waals surface area contributed by atoms with Gasteiger partial charge in [-0.25, -0.2) is 0 Å². The molecule has 5 nitrogen and oxygen atoms in total. The summed E-state index contributed by atoms with van der Waals surface area (Å²) in [5, 5.41) is 6.33. The minimum Gasteiger partial charge on any atom is -0.323 e. The zero-order chi connectivity index (χ0) is 12.1. The summed E-state index contributed by atoms with van der Waals surface area (Å²) in [7, 11) is 0. The molecule has 0 fully saturated rings. The third kappa shape index (κ3) is 3.03. The third-order valence-electron chi connectivity index (χ3n) is 1.83. The molecule has 0 aromatic heterocycles. The fourth-order valence-corrected chi connectivity index (χ4v) is 1.51. The number of benzene rings is 1. The van der Waals surface area contributed by atoms with E-state index in [1.165, 1.54) is 0 Å². The lowest BCUT2D eigenvalue weighted by Crippen LogP contribution is -2.15. The van der Waals surface area contributed by atoms with Gasteiger partial charge in [0.2, 0.25) is 5.91 Å². The molecule has 0 radical (unpaired) electrons. The van der Waals surface area contributed by atoms with E-state index in [0.717, 1.165) is 5.56 Å². The molecular formula is C9H8Cl2N4O. The van der Waals surface area contributed by atoms with Crippen molar-refractivity contribution in [3.05, 3.63) is 38.2 Å². The highest BCUT2D eigenvalue weighted by molar-refractivity contribution is 6.40. The summed E-state index contributed by atoms with van der Waals surface area (Å²) in [6, 6.07) is 3.37. The largest absolute Gasteiger partial charge is 0.323 e. The van der Waals surface area contributed by atoms with E-state index < -0.39 is 5.91 Å². The van der Waals surface area contributed by atoms with Crippen LogP contribution >= 0.6 is 23.2 Å². The molecule has 16 heavy (non-hydrogen) atoms. The number of nitrogens with zero attached hydrogens (tertiary/aromatic N) is 3. The molecule has 1 aromatic carbocycles. The Kier molecular flexibility index (Phi) is 4.43. The smallest absolute Gasteiger partial charge is 0.230 e. The summed E-state index contributed by atoms with van der Waals surface area (Å²) >= 11 is 11.9. The van der Waals surface area contributed by atoms with Crippen LogP contribution in [0.1, 0.15) is 5.56 Å². The van der Waals surface area contributed by atoms with Gasteiger partial charge in [-0.3, -0.25) is 4.79 Å². The van der Waals surface area contributed by atoms with E-state index in [-0.39, 0.29) is 6.54 Å². The number of hydrogen-bond donors (Lipinski definition) is 1. The van der Waals surface area contributed by atoms with E-state index in [1.807, 2.05) is 0 Å². The van der Waals surface area contributed by atoms with Crippen molar-refractivity contribution >= 4 is 34.8 Å². The minimum absolute atomic E-state index is 0.295. The lowest BCUT2D eigenvalue weighted by Gasteiger charge is -2.09. The van der Waals surface area contributed by atoms with Crippen LogP contribution in [0.3, 0.4) is 0 Å². The molecule has 0 bridgehead atoms. The standard InChI is InChI=1S/C9H8Cl2N4O/c1-5-2-3-6(10)9(8(5)11)14-7(16)4-13-15-12/h2-3H,4H2,1H3,(H,14,16). The Balaban J connectivity index is 2.92. The first-order valence-corrected chi connectivity index (χ1v) is 5.07. The van der Waals surface area contributed by atoms with Crippen LogP contribution in [0.4, 0.5) is 5.69 Å². The Morgan fingerprint density at radius 2 is 2.25 bits per heavy atom. The van der Waals surface area contributed by atoms with Gasteiger partial charge in [0.05, 0.1) is 15.7 Å². The van der Waals surface area contributed by atoms with E-state index in [2.05, 4.69) is 15.3 Å². The predicted molar refractivity (Wildman–Crippen MR) is 63.8 cm³/mol. The molecule has 0 aliphatic rings. The first-order valence-electron chi connectivity index (χ1n) is 4.31. The van der Waals surface area contributed by atoms with Crippen LogP contribution in [0.25, 0.3) is 10.4 Å². The quantitative estimate of drug-likeness (QED) is 0.502. The molecule has 0 atom stereocenters. The lowest BCUT2D eigenvalue weighted by atomic mass is 10.2. The SMILES string of the molecule is Cc1ccc(Cl)c(NC(=O)CN=[N+]=[N-])c1Cl. The molecule has 0 spiro atoms. The number of amides is 1. The van der Waals surface area contributed by atoms with E-state index in [9.17, 15) is 4.79 Å². The molecule has 7 heteroatoms. The molecule has 1 amide bonds. The van der Waals surface area contributed by atoms with Gasteiger partial charge in [-0.1, -0.05) is 34.4 Å². The Bertz CT molecular complexity index is 469. The minimum atomic E-state index is -0.466. The van der Waals surface area contributed by atoms with E-state index in [0.29, 0.717) is 15.7 Å². The number of anilines is 1. The summed E-state index contributed by atoms with van der Waals surface area (Å²) in [6.45, 7) is 1.50. The number of aryl methyl sites for hydroxylation is 1. The van der Waals surface area contributed by atoms with Crippen molar-refractivity contribution in [2.24, 2.45) is 5.11 Å². The Morgan fingerprint density at radius 1 is 1.56 bits per heavy atom. The van der Waals surface area contributed by atoms with Crippen molar-refractivity contribution in [1.29, 1.82) is 0 Å². The van der Waals surface area contributed by atoms with Crippen LogP contribution in [0.5, 0.6) is 0 Å². The van der Waals surface area contributed by atoms with Crippen LogP contribution in [0.2, 0.25) is 10.0 Å². The Hall–Kier alpha value is -1.42. The summed E-state index contributed by atoms with van der Waals surface area (Å²) < 4.78 is 0. The summed E-state index contributed by atoms with van der Waals surface area (Å²) in [5.41, 5.74) is 9.19. The normalized spacial score (nSPS) is 9.44. The number of rotatable bonds is 3. The monoisotopic (exact) mass is 258 g/mol. The fraction of sp³-hybridized carbons (Fsp3) is 0.222. The number of carbonyl (C=O) groups is 1. The zero-order valence-corrected chi connectivity index (χ0v) is 9.88. The first kappa shape index (κ1) is 12.6. The average molecular weight is 259 g/mol. The van der Waals surface area contributed by atoms with Gasteiger partial charge < -0.3 is 5.32 Å². The lowest BCUT2D eigenvalue weighted by molar-refractivity contribution is -0.114. The van der Waals surface area contributed by atoms with Gasteiger partial charge in [0.25, 0.3) is 0 Å². The van der Waals surface area contributed by atoms with Crippen molar-refractivity contribution in [3.8, 4) is 0 Å². The highest BCUT2D eigenvalue weighted by atomic mass is 35.5. The van der Waals surface area contributed by atoms with Gasteiger partial charge in [0.15, 0.2) is 0 Å². The molecule has 0 saturated carbocycles. The van der Waals surface area contributed by atoms with Crippen molar-refractivity contribution in [2.75, 3.05) is 11.9 Å². The van der Waals surface area contributed by atoms with Crippen LogP contribution in [-0.2, 0) is 4.79 Å². The van der Waals surface area contributed by atoms with Crippen LogP contribution in [-0.4, -0.2) is 12.5 Å². The maximum Gasteiger partial charge on any atom is 0.230 e. The summed E-state index contributed by atoms with van der Waals surface area (Å²) in [4.78, 5) is 13.8. The second-order valence-electron chi connectivity index (χ2n) is 2.99. The predicted octanol–water partition coefficient (Wildman–Crippen LogP) is 3.55. The van der Waals surface area contributed by atoms with Crippen LogP contribution in [0, 0.1) is 6.92 Å². The fourth-order valence-electron chi connectivity index (χ4n) is 1.05. The molecule has 0 aliphatic carbocycles. The average Bonchev–Trinajstić information content (AvgIpc) is 2.27.